The van der Waals surface area contributed by atoms with E-state index < -0.39 is 0 Å². The third kappa shape index (κ3) is 10.2. The lowest BCUT2D eigenvalue weighted by molar-refractivity contribution is 1.17. The van der Waals surface area contributed by atoms with Crippen LogP contribution >= 0.6 is 0 Å². The predicted octanol–water partition coefficient (Wildman–Crippen LogP) is 3.56. The van der Waals surface area contributed by atoms with Gasteiger partial charge in [-0.15, -0.1) is 0 Å². The summed E-state index contributed by atoms with van der Waals surface area (Å²) in [5, 5.41) is 0. The van der Waals surface area contributed by atoms with Crippen molar-refractivity contribution >= 4 is 0 Å². The minimum Gasteiger partial charge on any atom is -0.245 e. The van der Waals surface area contributed by atoms with Crippen LogP contribution in [0.3, 0.4) is 0 Å². The molecule has 1 aromatic rings. The topological polar surface area (TPSA) is 25.8 Å². The van der Waals surface area contributed by atoms with E-state index in [4.69, 9.17) is 0 Å². The van der Waals surface area contributed by atoms with Gasteiger partial charge < -0.3 is 0 Å². The molecule has 0 fully saturated rings. The molecule has 0 N–H and O–H groups in total. The first-order valence-electron chi connectivity index (χ1n) is 5.18. The molecule has 1 aliphatic carbocycles. The van der Waals surface area contributed by atoms with Gasteiger partial charge in [0.2, 0.25) is 0 Å². The highest BCUT2D eigenvalue weighted by Crippen LogP contribution is 1.91. The van der Waals surface area contributed by atoms with Crippen molar-refractivity contribution in [3.8, 4) is 0 Å². The van der Waals surface area contributed by atoms with Gasteiger partial charge in [-0.3, -0.25) is 0 Å². The van der Waals surface area contributed by atoms with Crippen molar-refractivity contribution in [3.05, 3.63) is 61.2 Å². The van der Waals surface area contributed by atoms with E-state index in [-0.39, 0.29) is 0 Å². The van der Waals surface area contributed by atoms with Crippen LogP contribution in [0, 0.1) is 0 Å². The van der Waals surface area contributed by atoms with E-state index in [1.54, 1.807) is 18.5 Å². The molecule has 0 atom stereocenters. The van der Waals surface area contributed by atoms with Crippen LogP contribution in [-0.4, -0.2) is 9.97 Å². The summed E-state index contributed by atoms with van der Waals surface area (Å²) in [5.74, 6) is 0. The Hall–Kier alpha value is -1.70. The second-order valence-corrected chi connectivity index (χ2v) is 2.38. The molecule has 0 amide bonds. The van der Waals surface area contributed by atoms with E-state index in [0.29, 0.717) is 0 Å². The van der Waals surface area contributed by atoms with Gasteiger partial charge in [0.25, 0.3) is 0 Å². The molecule has 0 aromatic carbocycles. The van der Waals surface area contributed by atoms with Crippen LogP contribution in [0.4, 0.5) is 0 Å². The third-order valence-electron chi connectivity index (χ3n) is 1.36. The normalized spacial score (nSPS) is 11.6. The van der Waals surface area contributed by atoms with Gasteiger partial charge in [-0.2, -0.15) is 0 Å². The van der Waals surface area contributed by atoms with Gasteiger partial charge in [0, 0.05) is 12.4 Å². The fourth-order valence-corrected chi connectivity index (χ4v) is 0.774. The molecular formula is C13H18N2. The second-order valence-electron chi connectivity index (χ2n) is 2.38. The van der Waals surface area contributed by atoms with Gasteiger partial charge >= 0.3 is 0 Å². The zero-order chi connectivity index (χ0) is 11.2. The number of rotatable bonds is 0. The second kappa shape index (κ2) is 12.3. The first-order valence-corrected chi connectivity index (χ1v) is 5.18. The highest BCUT2D eigenvalue weighted by atomic mass is 14.8. The van der Waals surface area contributed by atoms with E-state index in [1.165, 1.54) is 6.33 Å². The predicted molar refractivity (Wildman–Crippen MR) is 65.4 cm³/mol. The minimum atomic E-state index is 1.08. The van der Waals surface area contributed by atoms with Crippen molar-refractivity contribution in [2.45, 2.75) is 20.3 Å². The molecule has 1 aliphatic rings. The van der Waals surface area contributed by atoms with Crippen molar-refractivity contribution in [2.75, 3.05) is 0 Å². The Kier molecular flexibility index (Phi) is 10.9. The van der Waals surface area contributed by atoms with E-state index in [9.17, 15) is 0 Å². The van der Waals surface area contributed by atoms with E-state index in [1.807, 2.05) is 26.0 Å². The lowest BCUT2D eigenvalue weighted by Crippen LogP contribution is -1.66. The molecule has 0 spiro atoms. The Morgan fingerprint density at radius 1 is 0.800 bits per heavy atom. The first kappa shape index (κ1) is 13.3. The molecule has 0 bridgehead atoms. The summed E-state index contributed by atoms with van der Waals surface area (Å²) in [5.41, 5.74) is 0. The minimum absolute atomic E-state index is 1.08. The van der Waals surface area contributed by atoms with Crippen LogP contribution in [0.5, 0.6) is 0 Å². The first-order chi connectivity index (χ1) is 7.50. The SMILES string of the molecule is C1=CC=CCC=C1.CC.c1cncnc1. The van der Waals surface area contributed by atoms with Crippen LogP contribution in [0.25, 0.3) is 0 Å². The lowest BCUT2D eigenvalue weighted by atomic mass is 10.4. The average Bonchev–Trinajstić information content (AvgIpc) is 2.67. The molecule has 1 aromatic heterocycles. The maximum Gasteiger partial charge on any atom is 0.115 e. The van der Waals surface area contributed by atoms with Crippen LogP contribution in [0.1, 0.15) is 20.3 Å². The van der Waals surface area contributed by atoms with Crippen molar-refractivity contribution in [1.29, 1.82) is 0 Å². The average molecular weight is 202 g/mol. The standard InChI is InChI=1S/C7H8.C4H4N2.C2H6/c1-2-4-6-7-5-3-1;1-2-5-4-6-3-1;1-2/h1-6H,7H2;1-4H;1-2H3. The highest BCUT2D eigenvalue weighted by Gasteiger charge is 1.70. The summed E-state index contributed by atoms with van der Waals surface area (Å²) < 4.78 is 0. The summed E-state index contributed by atoms with van der Waals surface area (Å²) in [6.07, 6.45) is 18.4. The Bertz CT molecular complexity index is 246. The molecule has 0 radical (unpaired) electrons. The van der Waals surface area contributed by atoms with Crippen molar-refractivity contribution < 1.29 is 0 Å². The fourth-order valence-electron chi connectivity index (χ4n) is 0.774. The molecular weight excluding hydrogens is 184 g/mol. The summed E-state index contributed by atoms with van der Waals surface area (Å²) in [7, 11) is 0. The molecule has 0 unspecified atom stereocenters. The lowest BCUT2D eigenvalue weighted by Gasteiger charge is -1.70. The number of aromatic nitrogens is 2. The van der Waals surface area contributed by atoms with Gasteiger partial charge in [0.15, 0.2) is 0 Å². The van der Waals surface area contributed by atoms with Gasteiger partial charge in [-0.05, 0) is 12.5 Å². The quantitative estimate of drug-likeness (QED) is 0.643. The Balaban J connectivity index is 0.000000227. The zero-order valence-electron chi connectivity index (χ0n) is 9.38. The van der Waals surface area contributed by atoms with Crippen molar-refractivity contribution in [3.63, 3.8) is 0 Å². The molecule has 1 heterocycles. The maximum absolute atomic E-state index is 3.67. The number of hydrogen-bond donors (Lipinski definition) is 0. The van der Waals surface area contributed by atoms with Gasteiger partial charge in [-0.25, -0.2) is 9.97 Å². The molecule has 2 heteroatoms. The van der Waals surface area contributed by atoms with Crippen LogP contribution in [0.15, 0.2) is 61.2 Å². The van der Waals surface area contributed by atoms with E-state index >= 15 is 0 Å². The van der Waals surface area contributed by atoms with Crippen LogP contribution in [0.2, 0.25) is 0 Å². The Labute approximate surface area is 92.1 Å². The van der Waals surface area contributed by atoms with E-state index in [2.05, 4.69) is 34.3 Å². The molecule has 2 rings (SSSR count). The number of allylic oxidation sites excluding steroid dienone is 6. The smallest absolute Gasteiger partial charge is 0.115 e. The summed E-state index contributed by atoms with van der Waals surface area (Å²) in [4.78, 5) is 7.35. The molecule has 0 saturated heterocycles. The van der Waals surface area contributed by atoms with Gasteiger partial charge in [0.1, 0.15) is 6.33 Å². The number of nitrogens with zero attached hydrogens (tertiary/aromatic N) is 2. The zero-order valence-corrected chi connectivity index (χ0v) is 9.38. The third-order valence-corrected chi connectivity index (χ3v) is 1.36. The van der Waals surface area contributed by atoms with Gasteiger partial charge in [0.05, 0.1) is 0 Å². The Morgan fingerprint density at radius 3 is 1.67 bits per heavy atom. The fraction of sp³-hybridized carbons (Fsp3) is 0.231. The monoisotopic (exact) mass is 202 g/mol. The molecule has 15 heavy (non-hydrogen) atoms. The summed E-state index contributed by atoms with van der Waals surface area (Å²) in [6, 6.07) is 1.78. The molecule has 0 aliphatic heterocycles. The number of hydrogen-bond acceptors (Lipinski definition) is 2. The molecule has 80 valence electrons. The van der Waals surface area contributed by atoms with Gasteiger partial charge in [-0.1, -0.05) is 50.3 Å². The van der Waals surface area contributed by atoms with Crippen LogP contribution in [-0.2, 0) is 0 Å². The largest absolute Gasteiger partial charge is 0.245 e. The Morgan fingerprint density at radius 2 is 1.33 bits per heavy atom. The summed E-state index contributed by atoms with van der Waals surface area (Å²) in [6.45, 7) is 4.00. The van der Waals surface area contributed by atoms with Crippen LogP contribution < -0.4 is 0 Å². The summed E-state index contributed by atoms with van der Waals surface area (Å²) >= 11 is 0. The molecule has 2 nitrogen and oxygen atoms in total. The molecule has 0 saturated carbocycles. The van der Waals surface area contributed by atoms with Crippen molar-refractivity contribution in [2.24, 2.45) is 0 Å². The maximum atomic E-state index is 3.67. The highest BCUT2D eigenvalue weighted by molar-refractivity contribution is 5.16. The van der Waals surface area contributed by atoms with Crippen molar-refractivity contribution in [1.82, 2.24) is 9.97 Å². The van der Waals surface area contributed by atoms with E-state index in [0.717, 1.165) is 6.42 Å².